The van der Waals surface area contributed by atoms with Crippen molar-refractivity contribution in [3.8, 4) is 23.3 Å². The van der Waals surface area contributed by atoms with Crippen LogP contribution in [0.2, 0.25) is 0 Å². The van der Waals surface area contributed by atoms with E-state index in [9.17, 15) is 10.1 Å². The topological polar surface area (TPSA) is 105 Å². The van der Waals surface area contributed by atoms with Crippen molar-refractivity contribution in [3.63, 3.8) is 0 Å². The molecule has 1 aromatic heterocycles. The number of ether oxygens (including phenoxy) is 3. The number of morpholine rings is 1. The SMILES string of the molecule is Cc1c(C(=O)Nc2ccc(N3CCC(N4CCOCC4)CC3)c(C#N)c2)cnn1-c1ccc2c(c1)OCO2. The smallest absolute Gasteiger partial charge is 0.259 e. The molecule has 4 heterocycles. The maximum Gasteiger partial charge on any atom is 0.259 e. The summed E-state index contributed by atoms with van der Waals surface area (Å²) >= 11 is 0. The number of aromatic nitrogens is 2. The van der Waals surface area contributed by atoms with Gasteiger partial charge in [0.1, 0.15) is 6.07 Å². The highest BCUT2D eigenvalue weighted by atomic mass is 16.7. The van der Waals surface area contributed by atoms with Crippen molar-refractivity contribution in [3.05, 3.63) is 59.4 Å². The van der Waals surface area contributed by atoms with Crippen LogP contribution in [0.5, 0.6) is 11.5 Å². The number of carbonyl (C=O) groups is 1. The normalized spacial score (nSPS) is 17.8. The lowest BCUT2D eigenvalue weighted by atomic mass is 10.0. The first-order valence-corrected chi connectivity index (χ1v) is 13.0. The summed E-state index contributed by atoms with van der Waals surface area (Å²) in [6.07, 6.45) is 3.68. The number of fused-ring (bicyclic) bond motifs is 1. The predicted molar refractivity (Wildman–Crippen MR) is 141 cm³/mol. The van der Waals surface area contributed by atoms with E-state index in [1.807, 2.05) is 37.3 Å². The van der Waals surface area contributed by atoms with Gasteiger partial charge >= 0.3 is 0 Å². The fraction of sp³-hybridized carbons (Fsp3) is 0.393. The number of rotatable bonds is 5. The van der Waals surface area contributed by atoms with Gasteiger partial charge in [-0.15, -0.1) is 0 Å². The Balaban J connectivity index is 1.13. The number of piperidine rings is 1. The molecule has 0 saturated carbocycles. The molecule has 0 bridgehead atoms. The van der Waals surface area contributed by atoms with Crippen LogP contribution in [0, 0.1) is 18.3 Å². The Hall–Kier alpha value is -4.07. The van der Waals surface area contributed by atoms with Gasteiger partial charge in [0, 0.05) is 44.0 Å². The number of benzene rings is 2. The second kappa shape index (κ2) is 10.4. The second-order valence-electron chi connectivity index (χ2n) is 9.76. The molecule has 0 radical (unpaired) electrons. The van der Waals surface area contributed by atoms with Crippen LogP contribution < -0.4 is 19.7 Å². The van der Waals surface area contributed by atoms with Crippen molar-refractivity contribution in [2.45, 2.75) is 25.8 Å². The van der Waals surface area contributed by atoms with Crippen molar-refractivity contribution in [1.82, 2.24) is 14.7 Å². The van der Waals surface area contributed by atoms with Gasteiger partial charge in [-0.25, -0.2) is 4.68 Å². The molecule has 0 atom stereocenters. The van der Waals surface area contributed by atoms with E-state index in [0.717, 1.165) is 63.6 Å². The molecule has 38 heavy (non-hydrogen) atoms. The highest BCUT2D eigenvalue weighted by Gasteiger charge is 2.27. The van der Waals surface area contributed by atoms with Crippen LogP contribution in [0.15, 0.2) is 42.6 Å². The highest BCUT2D eigenvalue weighted by molar-refractivity contribution is 6.05. The zero-order valence-corrected chi connectivity index (χ0v) is 21.4. The lowest BCUT2D eigenvalue weighted by molar-refractivity contribution is 0.0115. The third kappa shape index (κ3) is 4.66. The average Bonchev–Trinajstić information content (AvgIpc) is 3.59. The van der Waals surface area contributed by atoms with E-state index in [0.29, 0.717) is 40.0 Å². The second-order valence-corrected chi connectivity index (χ2v) is 9.76. The number of nitrogens with one attached hydrogen (secondary N) is 1. The Morgan fingerprint density at radius 3 is 2.63 bits per heavy atom. The third-order valence-corrected chi connectivity index (χ3v) is 7.60. The highest BCUT2D eigenvalue weighted by Crippen LogP contribution is 2.34. The molecule has 0 unspecified atom stereocenters. The molecule has 6 rings (SSSR count). The monoisotopic (exact) mass is 514 g/mol. The third-order valence-electron chi connectivity index (χ3n) is 7.60. The molecule has 3 aliphatic heterocycles. The molecule has 0 aliphatic carbocycles. The molecule has 10 nitrogen and oxygen atoms in total. The van der Waals surface area contributed by atoms with Crippen molar-refractivity contribution in [2.24, 2.45) is 0 Å². The quantitative estimate of drug-likeness (QED) is 0.553. The van der Waals surface area contributed by atoms with Crippen LogP contribution in [0.25, 0.3) is 5.69 Å². The predicted octanol–water partition coefficient (Wildman–Crippen LogP) is 3.33. The Morgan fingerprint density at radius 1 is 1.05 bits per heavy atom. The number of hydrogen-bond donors (Lipinski definition) is 1. The van der Waals surface area contributed by atoms with Crippen molar-refractivity contribution in [1.29, 1.82) is 5.26 Å². The molecule has 2 saturated heterocycles. The summed E-state index contributed by atoms with van der Waals surface area (Å²) in [5.41, 5.74) is 3.98. The van der Waals surface area contributed by atoms with E-state index in [1.165, 1.54) is 0 Å². The van der Waals surface area contributed by atoms with E-state index in [-0.39, 0.29) is 12.7 Å². The minimum atomic E-state index is -0.280. The maximum atomic E-state index is 13.1. The van der Waals surface area contributed by atoms with Crippen LogP contribution in [-0.4, -0.2) is 72.8 Å². The largest absolute Gasteiger partial charge is 0.454 e. The van der Waals surface area contributed by atoms with Crippen molar-refractivity contribution in [2.75, 3.05) is 56.4 Å². The van der Waals surface area contributed by atoms with Crippen molar-refractivity contribution >= 4 is 17.3 Å². The fourth-order valence-electron chi connectivity index (χ4n) is 5.50. The van der Waals surface area contributed by atoms with E-state index in [1.54, 1.807) is 16.9 Å². The number of carbonyl (C=O) groups excluding carboxylic acids is 1. The number of amides is 1. The number of anilines is 2. The van der Waals surface area contributed by atoms with Gasteiger partial charge in [0.2, 0.25) is 6.79 Å². The Kier molecular flexibility index (Phi) is 6.62. The number of hydrogen-bond acceptors (Lipinski definition) is 8. The van der Waals surface area contributed by atoms with E-state index < -0.39 is 0 Å². The molecular weight excluding hydrogens is 484 g/mol. The summed E-state index contributed by atoms with van der Waals surface area (Å²) in [6.45, 7) is 7.46. The van der Waals surface area contributed by atoms with Crippen LogP contribution in [0.3, 0.4) is 0 Å². The maximum absolute atomic E-state index is 13.1. The van der Waals surface area contributed by atoms with Gasteiger partial charge in [-0.05, 0) is 50.1 Å². The van der Waals surface area contributed by atoms with E-state index in [4.69, 9.17) is 14.2 Å². The van der Waals surface area contributed by atoms with Gasteiger partial charge in [-0.2, -0.15) is 10.4 Å². The summed E-state index contributed by atoms with van der Waals surface area (Å²) in [6, 6.07) is 14.0. The van der Waals surface area contributed by atoms with Crippen LogP contribution >= 0.6 is 0 Å². The lowest BCUT2D eigenvalue weighted by Crippen LogP contribution is -2.49. The Morgan fingerprint density at radius 2 is 1.84 bits per heavy atom. The summed E-state index contributed by atoms with van der Waals surface area (Å²) in [7, 11) is 0. The molecule has 10 heteroatoms. The summed E-state index contributed by atoms with van der Waals surface area (Å²) in [5, 5.41) is 17.2. The fourth-order valence-corrected chi connectivity index (χ4v) is 5.50. The molecule has 1 N–H and O–H groups in total. The minimum Gasteiger partial charge on any atom is -0.454 e. The molecule has 3 aromatic rings. The van der Waals surface area contributed by atoms with Gasteiger partial charge in [-0.3, -0.25) is 9.69 Å². The van der Waals surface area contributed by atoms with E-state index in [2.05, 4.69) is 26.3 Å². The van der Waals surface area contributed by atoms with E-state index >= 15 is 0 Å². The average molecular weight is 515 g/mol. The Labute approximate surface area is 221 Å². The molecular formula is C28H30N6O4. The lowest BCUT2D eigenvalue weighted by Gasteiger charge is -2.41. The summed E-state index contributed by atoms with van der Waals surface area (Å²) in [4.78, 5) is 17.9. The number of nitriles is 1. The van der Waals surface area contributed by atoms with Crippen molar-refractivity contribution < 1.29 is 19.0 Å². The van der Waals surface area contributed by atoms with Crippen LogP contribution in [0.1, 0.15) is 34.5 Å². The Bertz CT molecular complexity index is 1380. The minimum absolute atomic E-state index is 0.195. The standard InChI is InChI=1S/C28H30N6O4/c1-19-24(17-30-34(19)23-3-5-26-27(15-23)38-18-37-26)28(35)31-21-2-4-25(20(14-21)16-29)33-8-6-22(7-9-33)32-10-12-36-13-11-32/h2-5,14-15,17,22H,6-13,18H2,1H3,(H,31,35). The molecule has 196 valence electrons. The zero-order valence-electron chi connectivity index (χ0n) is 21.4. The molecule has 2 aromatic carbocycles. The first-order valence-electron chi connectivity index (χ1n) is 13.0. The van der Waals surface area contributed by atoms with Gasteiger partial charge in [0.25, 0.3) is 5.91 Å². The first-order chi connectivity index (χ1) is 18.6. The molecule has 3 aliphatic rings. The number of nitrogens with zero attached hydrogens (tertiary/aromatic N) is 5. The van der Waals surface area contributed by atoms with Crippen LogP contribution in [0.4, 0.5) is 11.4 Å². The van der Waals surface area contributed by atoms with Gasteiger partial charge in [-0.1, -0.05) is 0 Å². The summed E-state index contributed by atoms with van der Waals surface area (Å²) in [5.74, 6) is 1.06. The first kappa shape index (κ1) is 24.3. The molecule has 1 amide bonds. The molecule has 2 fully saturated rings. The van der Waals surface area contributed by atoms with Crippen LogP contribution in [-0.2, 0) is 4.74 Å². The van der Waals surface area contributed by atoms with Gasteiger partial charge < -0.3 is 24.4 Å². The van der Waals surface area contributed by atoms with Gasteiger partial charge in [0.15, 0.2) is 11.5 Å². The summed E-state index contributed by atoms with van der Waals surface area (Å²) < 4.78 is 18.0. The molecule has 0 spiro atoms. The zero-order chi connectivity index (χ0) is 26.1. The van der Waals surface area contributed by atoms with Gasteiger partial charge in [0.05, 0.1) is 47.6 Å².